The second-order valence-corrected chi connectivity index (χ2v) is 5.74. The summed E-state index contributed by atoms with van der Waals surface area (Å²) in [5, 5.41) is 0.259. The Balaban J connectivity index is 2.38. The van der Waals surface area contributed by atoms with Crippen LogP contribution in [0.25, 0.3) is 0 Å². The van der Waals surface area contributed by atoms with Gasteiger partial charge in [-0.15, -0.1) is 0 Å². The van der Waals surface area contributed by atoms with E-state index in [0.717, 1.165) is 11.5 Å². The third kappa shape index (κ3) is 4.44. The van der Waals surface area contributed by atoms with Gasteiger partial charge in [0.2, 0.25) is 0 Å². The maximum Gasteiger partial charge on any atom is 0.325 e. The molecule has 1 heterocycles. The molecule has 4 nitrogen and oxygen atoms in total. The molecule has 0 radical (unpaired) electrons. The Labute approximate surface area is 106 Å². The van der Waals surface area contributed by atoms with E-state index in [-0.39, 0.29) is 11.2 Å². The highest BCUT2D eigenvalue weighted by molar-refractivity contribution is 7.99. The fourth-order valence-electron chi connectivity index (χ4n) is 1.59. The number of nitrogens with two attached hydrogens (primary N) is 1. The van der Waals surface area contributed by atoms with Gasteiger partial charge < -0.3 is 14.9 Å². The van der Waals surface area contributed by atoms with Crippen LogP contribution in [0.15, 0.2) is 22.8 Å². The quantitative estimate of drug-likeness (QED) is 0.791. The summed E-state index contributed by atoms with van der Waals surface area (Å²) in [6.45, 7) is 3.74. The van der Waals surface area contributed by atoms with Crippen molar-refractivity contribution in [3.05, 3.63) is 24.2 Å². The Bertz CT molecular complexity index is 349. The van der Waals surface area contributed by atoms with E-state index in [2.05, 4.69) is 4.74 Å². The Morgan fingerprint density at radius 2 is 2.41 bits per heavy atom. The van der Waals surface area contributed by atoms with E-state index in [1.54, 1.807) is 24.9 Å². The molecule has 2 atom stereocenters. The van der Waals surface area contributed by atoms with Gasteiger partial charge in [0, 0.05) is 5.25 Å². The van der Waals surface area contributed by atoms with Crippen molar-refractivity contribution in [2.75, 3.05) is 7.11 Å². The zero-order valence-corrected chi connectivity index (χ0v) is 11.3. The van der Waals surface area contributed by atoms with Crippen molar-refractivity contribution >= 4 is 17.7 Å². The minimum Gasteiger partial charge on any atom is -0.468 e. The highest BCUT2D eigenvalue weighted by atomic mass is 32.2. The maximum absolute atomic E-state index is 11.4. The van der Waals surface area contributed by atoms with E-state index >= 15 is 0 Å². The van der Waals surface area contributed by atoms with Gasteiger partial charge in [-0.05, 0) is 25.5 Å². The van der Waals surface area contributed by atoms with Gasteiger partial charge in [0.15, 0.2) is 0 Å². The number of rotatable bonds is 6. The largest absolute Gasteiger partial charge is 0.468 e. The third-order valence-electron chi connectivity index (χ3n) is 2.45. The zero-order chi connectivity index (χ0) is 12.9. The van der Waals surface area contributed by atoms with Gasteiger partial charge in [-0.1, -0.05) is 6.92 Å². The van der Waals surface area contributed by atoms with Crippen LogP contribution in [-0.4, -0.2) is 23.9 Å². The van der Waals surface area contributed by atoms with Crippen molar-refractivity contribution in [3.63, 3.8) is 0 Å². The summed E-state index contributed by atoms with van der Waals surface area (Å²) in [6, 6.07) is 3.80. The molecular formula is C12H19NO3S. The molecule has 1 aromatic heterocycles. The molecule has 0 aromatic carbocycles. The van der Waals surface area contributed by atoms with Gasteiger partial charge >= 0.3 is 5.97 Å². The van der Waals surface area contributed by atoms with Gasteiger partial charge in [0.1, 0.15) is 11.3 Å². The molecule has 2 unspecified atom stereocenters. The van der Waals surface area contributed by atoms with E-state index < -0.39 is 5.54 Å². The first-order chi connectivity index (χ1) is 7.95. The van der Waals surface area contributed by atoms with E-state index in [0.29, 0.717) is 6.42 Å². The number of hydrogen-bond donors (Lipinski definition) is 1. The number of esters is 1. The van der Waals surface area contributed by atoms with E-state index in [1.165, 1.54) is 7.11 Å². The lowest BCUT2D eigenvalue weighted by molar-refractivity contribution is -0.146. The molecule has 0 saturated heterocycles. The molecule has 0 aliphatic heterocycles. The number of furan rings is 1. The van der Waals surface area contributed by atoms with E-state index in [4.69, 9.17) is 10.2 Å². The van der Waals surface area contributed by atoms with Crippen molar-refractivity contribution in [1.82, 2.24) is 0 Å². The summed E-state index contributed by atoms with van der Waals surface area (Å²) in [5.74, 6) is 1.34. The van der Waals surface area contributed by atoms with Crippen LogP contribution >= 0.6 is 11.8 Å². The van der Waals surface area contributed by atoms with Crippen molar-refractivity contribution < 1.29 is 13.9 Å². The lowest BCUT2D eigenvalue weighted by atomic mass is 9.98. The topological polar surface area (TPSA) is 65.5 Å². The molecule has 96 valence electrons. The Morgan fingerprint density at radius 1 is 1.71 bits per heavy atom. The Morgan fingerprint density at radius 3 is 2.94 bits per heavy atom. The Hall–Kier alpha value is -0.940. The standard InChI is InChI=1S/C12H19NO3S/c1-9(7-12(2,13)11(14)15-3)17-8-10-5-4-6-16-10/h4-6,9H,7-8,13H2,1-3H3. The fraction of sp³-hybridized carbons (Fsp3) is 0.583. The van der Waals surface area contributed by atoms with Gasteiger partial charge in [-0.2, -0.15) is 11.8 Å². The first-order valence-electron chi connectivity index (χ1n) is 5.47. The summed E-state index contributed by atoms with van der Waals surface area (Å²) < 4.78 is 9.91. The molecule has 0 saturated carbocycles. The molecule has 1 aromatic rings. The van der Waals surface area contributed by atoms with Crippen LogP contribution in [0.4, 0.5) is 0 Å². The third-order valence-corrected chi connectivity index (χ3v) is 3.64. The second-order valence-electron chi connectivity index (χ2n) is 4.31. The molecule has 0 bridgehead atoms. The van der Waals surface area contributed by atoms with Crippen LogP contribution in [0.3, 0.4) is 0 Å². The SMILES string of the molecule is COC(=O)C(C)(N)CC(C)SCc1ccco1. The van der Waals surface area contributed by atoms with Crippen LogP contribution in [-0.2, 0) is 15.3 Å². The summed E-state index contributed by atoms with van der Waals surface area (Å²) in [7, 11) is 1.36. The summed E-state index contributed by atoms with van der Waals surface area (Å²) in [6.07, 6.45) is 2.23. The monoisotopic (exact) mass is 257 g/mol. The minimum absolute atomic E-state index is 0.259. The summed E-state index contributed by atoms with van der Waals surface area (Å²) in [5.41, 5.74) is 4.98. The lowest BCUT2D eigenvalue weighted by Gasteiger charge is -2.24. The second kappa shape index (κ2) is 6.12. The number of carbonyl (C=O) groups is 1. The first-order valence-corrected chi connectivity index (χ1v) is 6.52. The minimum atomic E-state index is -0.926. The van der Waals surface area contributed by atoms with Gasteiger partial charge in [-0.25, -0.2) is 0 Å². The van der Waals surface area contributed by atoms with Crippen LogP contribution in [0.5, 0.6) is 0 Å². The molecule has 0 amide bonds. The van der Waals surface area contributed by atoms with Crippen LogP contribution in [0.1, 0.15) is 26.0 Å². The van der Waals surface area contributed by atoms with E-state index in [1.807, 2.05) is 19.1 Å². The lowest BCUT2D eigenvalue weighted by Crippen LogP contribution is -2.47. The molecule has 2 N–H and O–H groups in total. The molecule has 0 aliphatic rings. The highest BCUT2D eigenvalue weighted by Crippen LogP contribution is 2.24. The van der Waals surface area contributed by atoms with Crippen LogP contribution in [0.2, 0.25) is 0 Å². The van der Waals surface area contributed by atoms with Crippen molar-refractivity contribution in [2.45, 2.75) is 36.8 Å². The fourth-order valence-corrected chi connectivity index (χ4v) is 2.67. The van der Waals surface area contributed by atoms with E-state index in [9.17, 15) is 4.79 Å². The molecule has 0 spiro atoms. The van der Waals surface area contributed by atoms with Crippen molar-refractivity contribution in [2.24, 2.45) is 5.73 Å². The van der Waals surface area contributed by atoms with Gasteiger partial charge in [0.25, 0.3) is 0 Å². The first kappa shape index (κ1) is 14.1. The number of hydrogen-bond acceptors (Lipinski definition) is 5. The predicted octanol–water partition coefficient (Wildman–Crippen LogP) is 2.18. The molecule has 1 rings (SSSR count). The average Bonchev–Trinajstić information content (AvgIpc) is 2.77. The Kier molecular flexibility index (Phi) is 5.08. The predicted molar refractivity (Wildman–Crippen MR) is 68.7 cm³/mol. The normalized spacial score (nSPS) is 16.2. The summed E-state index contributed by atoms with van der Waals surface area (Å²) in [4.78, 5) is 11.4. The zero-order valence-electron chi connectivity index (χ0n) is 10.4. The molecule has 17 heavy (non-hydrogen) atoms. The summed E-state index contributed by atoms with van der Waals surface area (Å²) >= 11 is 1.71. The molecule has 0 aliphatic carbocycles. The van der Waals surface area contributed by atoms with Crippen molar-refractivity contribution in [3.8, 4) is 0 Å². The average molecular weight is 257 g/mol. The highest BCUT2D eigenvalue weighted by Gasteiger charge is 2.31. The smallest absolute Gasteiger partial charge is 0.325 e. The maximum atomic E-state index is 11.4. The van der Waals surface area contributed by atoms with Crippen LogP contribution < -0.4 is 5.73 Å². The number of methoxy groups -OCH3 is 1. The molecular weight excluding hydrogens is 238 g/mol. The van der Waals surface area contributed by atoms with Crippen molar-refractivity contribution in [1.29, 1.82) is 0 Å². The number of ether oxygens (including phenoxy) is 1. The molecule has 0 fully saturated rings. The van der Waals surface area contributed by atoms with Gasteiger partial charge in [-0.3, -0.25) is 4.79 Å². The number of carbonyl (C=O) groups excluding carboxylic acids is 1. The molecule has 5 heteroatoms. The number of thioether (sulfide) groups is 1. The van der Waals surface area contributed by atoms with Crippen LogP contribution in [0, 0.1) is 0 Å². The van der Waals surface area contributed by atoms with Gasteiger partial charge in [0.05, 0.1) is 19.1 Å².